The first-order valence-corrected chi connectivity index (χ1v) is 7.62. The standard InChI is InChI=1S/C17H14Cl2O2/c18-12-8-7-11(15(19)9-12)10-21-17-6-2-3-13-14(17)4-1-5-16(13)20/h2-3,6-9H,1,4-5,10H2. The van der Waals surface area contributed by atoms with Gasteiger partial charge in [0.1, 0.15) is 12.4 Å². The summed E-state index contributed by atoms with van der Waals surface area (Å²) in [6, 6.07) is 11.0. The van der Waals surface area contributed by atoms with Crippen molar-refractivity contribution >= 4 is 29.0 Å². The highest BCUT2D eigenvalue weighted by Crippen LogP contribution is 2.31. The molecule has 0 fully saturated rings. The summed E-state index contributed by atoms with van der Waals surface area (Å²) >= 11 is 12.0. The highest BCUT2D eigenvalue weighted by Gasteiger charge is 2.20. The van der Waals surface area contributed by atoms with Crippen molar-refractivity contribution in [3.8, 4) is 5.75 Å². The molecular formula is C17H14Cl2O2. The van der Waals surface area contributed by atoms with Crippen molar-refractivity contribution in [3.63, 3.8) is 0 Å². The van der Waals surface area contributed by atoms with E-state index in [1.807, 2.05) is 24.3 Å². The van der Waals surface area contributed by atoms with Crippen LogP contribution in [0.5, 0.6) is 5.75 Å². The van der Waals surface area contributed by atoms with E-state index in [0.29, 0.717) is 23.1 Å². The minimum Gasteiger partial charge on any atom is -0.489 e. The van der Waals surface area contributed by atoms with E-state index in [9.17, 15) is 4.79 Å². The van der Waals surface area contributed by atoms with E-state index in [1.165, 1.54) is 0 Å². The molecule has 21 heavy (non-hydrogen) atoms. The van der Waals surface area contributed by atoms with Gasteiger partial charge in [-0.25, -0.2) is 0 Å². The number of fused-ring (bicyclic) bond motifs is 1. The minimum absolute atomic E-state index is 0.200. The summed E-state index contributed by atoms with van der Waals surface area (Å²) in [6.07, 6.45) is 2.39. The molecule has 0 spiro atoms. The van der Waals surface area contributed by atoms with Gasteiger partial charge in [-0.15, -0.1) is 0 Å². The van der Waals surface area contributed by atoms with E-state index in [-0.39, 0.29) is 5.78 Å². The molecule has 0 atom stereocenters. The van der Waals surface area contributed by atoms with E-state index in [0.717, 1.165) is 35.3 Å². The summed E-state index contributed by atoms with van der Waals surface area (Å²) in [5.74, 6) is 0.970. The van der Waals surface area contributed by atoms with E-state index in [1.54, 1.807) is 12.1 Å². The van der Waals surface area contributed by atoms with Gasteiger partial charge < -0.3 is 4.74 Å². The fourth-order valence-electron chi connectivity index (χ4n) is 2.57. The van der Waals surface area contributed by atoms with E-state index in [2.05, 4.69) is 0 Å². The largest absolute Gasteiger partial charge is 0.489 e. The summed E-state index contributed by atoms with van der Waals surface area (Å²) in [5.41, 5.74) is 2.68. The van der Waals surface area contributed by atoms with Gasteiger partial charge in [-0.1, -0.05) is 41.4 Å². The van der Waals surface area contributed by atoms with Crippen LogP contribution >= 0.6 is 23.2 Å². The molecule has 0 saturated carbocycles. The molecule has 0 aliphatic heterocycles. The molecular weight excluding hydrogens is 307 g/mol. The van der Waals surface area contributed by atoms with Crippen LogP contribution in [0.2, 0.25) is 10.0 Å². The van der Waals surface area contributed by atoms with Gasteiger partial charge in [0.15, 0.2) is 5.78 Å². The minimum atomic E-state index is 0.200. The third-order valence-corrected chi connectivity index (χ3v) is 4.25. The number of halogens is 2. The summed E-state index contributed by atoms with van der Waals surface area (Å²) in [5, 5.41) is 1.19. The molecule has 0 aromatic heterocycles. The Hall–Kier alpha value is -1.51. The smallest absolute Gasteiger partial charge is 0.163 e. The lowest BCUT2D eigenvalue weighted by atomic mass is 9.90. The Morgan fingerprint density at radius 1 is 1.10 bits per heavy atom. The summed E-state index contributed by atoms with van der Waals surface area (Å²) < 4.78 is 5.88. The van der Waals surface area contributed by atoms with Crippen LogP contribution in [-0.2, 0) is 13.0 Å². The van der Waals surface area contributed by atoms with Gasteiger partial charge in [0.2, 0.25) is 0 Å². The average molecular weight is 321 g/mol. The van der Waals surface area contributed by atoms with Crippen molar-refractivity contribution in [2.24, 2.45) is 0 Å². The van der Waals surface area contributed by atoms with Crippen molar-refractivity contribution < 1.29 is 9.53 Å². The predicted octanol–water partition coefficient (Wildman–Crippen LogP) is 5.09. The van der Waals surface area contributed by atoms with Gasteiger partial charge in [0.25, 0.3) is 0 Å². The molecule has 0 heterocycles. The number of ketones is 1. The monoisotopic (exact) mass is 320 g/mol. The second-order valence-corrected chi connectivity index (χ2v) is 5.93. The number of hydrogen-bond acceptors (Lipinski definition) is 2. The van der Waals surface area contributed by atoms with Crippen LogP contribution in [0.25, 0.3) is 0 Å². The van der Waals surface area contributed by atoms with Crippen molar-refractivity contribution in [2.75, 3.05) is 0 Å². The number of rotatable bonds is 3. The summed E-state index contributed by atoms with van der Waals surface area (Å²) in [4.78, 5) is 11.9. The highest BCUT2D eigenvalue weighted by molar-refractivity contribution is 6.35. The number of carbonyl (C=O) groups is 1. The van der Waals surface area contributed by atoms with E-state index < -0.39 is 0 Å². The van der Waals surface area contributed by atoms with Crippen molar-refractivity contribution in [3.05, 3.63) is 63.1 Å². The molecule has 1 aliphatic rings. The molecule has 1 aliphatic carbocycles. The number of carbonyl (C=O) groups excluding carboxylic acids is 1. The molecule has 2 aromatic carbocycles. The second kappa shape index (κ2) is 6.08. The fourth-order valence-corrected chi connectivity index (χ4v) is 3.04. The summed E-state index contributed by atoms with van der Waals surface area (Å²) in [6.45, 7) is 0.362. The fraction of sp³-hybridized carbons (Fsp3) is 0.235. The lowest BCUT2D eigenvalue weighted by Gasteiger charge is -2.18. The Morgan fingerprint density at radius 3 is 2.76 bits per heavy atom. The summed E-state index contributed by atoms with van der Waals surface area (Å²) in [7, 11) is 0. The lowest BCUT2D eigenvalue weighted by Crippen LogP contribution is -2.12. The first kappa shape index (κ1) is 14.4. The van der Waals surface area contributed by atoms with Gasteiger partial charge in [-0.05, 0) is 31.0 Å². The lowest BCUT2D eigenvalue weighted by molar-refractivity contribution is 0.0971. The first-order valence-electron chi connectivity index (χ1n) is 6.87. The molecule has 2 aromatic rings. The molecule has 0 saturated heterocycles. The molecule has 0 amide bonds. The van der Waals surface area contributed by atoms with E-state index >= 15 is 0 Å². The Balaban J connectivity index is 1.83. The molecule has 0 N–H and O–H groups in total. The van der Waals surface area contributed by atoms with Gasteiger partial charge in [-0.2, -0.15) is 0 Å². The molecule has 108 valence electrons. The first-order chi connectivity index (χ1) is 10.1. The van der Waals surface area contributed by atoms with Crippen LogP contribution in [0.4, 0.5) is 0 Å². The van der Waals surface area contributed by atoms with Gasteiger partial charge in [-0.3, -0.25) is 4.79 Å². The van der Waals surface area contributed by atoms with Crippen LogP contribution in [0.3, 0.4) is 0 Å². The predicted molar refractivity (Wildman–Crippen MR) is 84.5 cm³/mol. The molecule has 0 radical (unpaired) electrons. The SMILES string of the molecule is O=C1CCCc2c(OCc3ccc(Cl)cc3Cl)cccc21. The van der Waals surface area contributed by atoms with Gasteiger partial charge in [0, 0.05) is 33.2 Å². The number of ether oxygens (including phenoxy) is 1. The Kier molecular flexibility index (Phi) is 4.18. The molecule has 3 rings (SSSR count). The number of benzene rings is 2. The zero-order valence-electron chi connectivity index (χ0n) is 11.4. The molecule has 4 heteroatoms. The van der Waals surface area contributed by atoms with Crippen molar-refractivity contribution in [1.29, 1.82) is 0 Å². The normalized spacial score (nSPS) is 13.9. The van der Waals surface area contributed by atoms with Crippen LogP contribution < -0.4 is 4.74 Å². The molecule has 0 bridgehead atoms. The maximum absolute atomic E-state index is 11.9. The van der Waals surface area contributed by atoms with Crippen LogP contribution in [0, 0.1) is 0 Å². The zero-order valence-corrected chi connectivity index (χ0v) is 12.9. The average Bonchev–Trinajstić information content (AvgIpc) is 2.47. The maximum atomic E-state index is 11.9. The van der Waals surface area contributed by atoms with Gasteiger partial charge >= 0.3 is 0 Å². The van der Waals surface area contributed by atoms with Crippen molar-refractivity contribution in [1.82, 2.24) is 0 Å². The van der Waals surface area contributed by atoms with Crippen molar-refractivity contribution in [2.45, 2.75) is 25.9 Å². The zero-order chi connectivity index (χ0) is 14.8. The molecule has 2 nitrogen and oxygen atoms in total. The topological polar surface area (TPSA) is 26.3 Å². The third kappa shape index (κ3) is 3.07. The quantitative estimate of drug-likeness (QED) is 0.787. The third-order valence-electron chi connectivity index (χ3n) is 3.66. The number of hydrogen-bond donors (Lipinski definition) is 0. The maximum Gasteiger partial charge on any atom is 0.163 e. The Morgan fingerprint density at radius 2 is 1.95 bits per heavy atom. The molecule has 0 unspecified atom stereocenters. The van der Waals surface area contributed by atoms with Crippen LogP contribution in [0.15, 0.2) is 36.4 Å². The van der Waals surface area contributed by atoms with Crippen LogP contribution in [-0.4, -0.2) is 5.78 Å². The Labute approximate surface area is 133 Å². The Bertz CT molecular complexity index is 695. The second-order valence-electron chi connectivity index (χ2n) is 5.08. The van der Waals surface area contributed by atoms with E-state index in [4.69, 9.17) is 27.9 Å². The highest BCUT2D eigenvalue weighted by atomic mass is 35.5. The number of Topliss-reactive ketones (excluding diaryl/α,β-unsaturated/α-hetero) is 1. The van der Waals surface area contributed by atoms with Crippen LogP contribution in [0.1, 0.15) is 34.3 Å². The van der Waals surface area contributed by atoms with Gasteiger partial charge in [0.05, 0.1) is 0 Å².